The zero-order valence-electron chi connectivity index (χ0n) is 8.81. The Morgan fingerprint density at radius 2 is 1.88 bits per heavy atom. The lowest BCUT2D eigenvalue weighted by Gasteiger charge is -2.20. The standard InChI is InChI=1S/C12H12F3N/c1-2-3-9-16-11(12(13,14)15)10-7-5-4-6-8-10/h4-8,11,16H,9H2,1H3. The van der Waals surface area contributed by atoms with Crippen molar-refractivity contribution in [2.45, 2.75) is 19.1 Å². The first-order valence-electron chi connectivity index (χ1n) is 4.80. The minimum absolute atomic E-state index is 0.0234. The molecule has 0 fully saturated rings. The van der Waals surface area contributed by atoms with Crippen molar-refractivity contribution in [2.75, 3.05) is 6.54 Å². The number of halogens is 3. The maximum absolute atomic E-state index is 12.7. The summed E-state index contributed by atoms with van der Waals surface area (Å²) in [5.74, 6) is 5.11. The van der Waals surface area contributed by atoms with E-state index in [0.717, 1.165) is 0 Å². The fraction of sp³-hybridized carbons (Fsp3) is 0.333. The van der Waals surface area contributed by atoms with Crippen LogP contribution in [0.4, 0.5) is 13.2 Å². The molecule has 16 heavy (non-hydrogen) atoms. The molecule has 0 aliphatic carbocycles. The van der Waals surface area contributed by atoms with Crippen LogP contribution in [0, 0.1) is 11.8 Å². The molecule has 0 heterocycles. The molecule has 0 bridgehead atoms. The second-order valence-electron chi connectivity index (χ2n) is 3.19. The normalized spacial score (nSPS) is 12.8. The summed E-state index contributed by atoms with van der Waals surface area (Å²) in [7, 11) is 0. The van der Waals surface area contributed by atoms with Crippen LogP contribution in [0.1, 0.15) is 18.5 Å². The lowest BCUT2D eigenvalue weighted by molar-refractivity contribution is -0.157. The van der Waals surface area contributed by atoms with Crippen molar-refractivity contribution < 1.29 is 13.2 Å². The van der Waals surface area contributed by atoms with E-state index in [9.17, 15) is 13.2 Å². The SMILES string of the molecule is CC#CCNC(c1ccccc1)C(F)(F)F. The number of alkyl halides is 3. The maximum Gasteiger partial charge on any atom is 0.407 e. The molecular formula is C12H12F3N. The molecule has 86 valence electrons. The summed E-state index contributed by atoms with van der Waals surface area (Å²) in [4.78, 5) is 0. The minimum Gasteiger partial charge on any atom is -0.292 e. The van der Waals surface area contributed by atoms with Crippen LogP contribution in [0.15, 0.2) is 30.3 Å². The molecule has 1 rings (SSSR count). The largest absolute Gasteiger partial charge is 0.407 e. The van der Waals surface area contributed by atoms with Crippen LogP contribution in [-0.2, 0) is 0 Å². The molecule has 0 aliphatic rings. The third kappa shape index (κ3) is 3.59. The molecule has 1 N–H and O–H groups in total. The van der Waals surface area contributed by atoms with Gasteiger partial charge in [0.2, 0.25) is 0 Å². The van der Waals surface area contributed by atoms with E-state index in [1.54, 1.807) is 25.1 Å². The van der Waals surface area contributed by atoms with Gasteiger partial charge in [-0.25, -0.2) is 0 Å². The molecule has 0 aromatic heterocycles. The van der Waals surface area contributed by atoms with Gasteiger partial charge in [-0.05, 0) is 12.5 Å². The van der Waals surface area contributed by atoms with Gasteiger partial charge in [-0.2, -0.15) is 13.2 Å². The Kier molecular flexibility index (Phi) is 4.39. The highest BCUT2D eigenvalue weighted by Crippen LogP contribution is 2.32. The molecule has 0 aliphatic heterocycles. The summed E-state index contributed by atoms with van der Waals surface area (Å²) in [6.45, 7) is 1.61. The first-order chi connectivity index (χ1) is 7.55. The molecule has 1 nitrogen and oxygen atoms in total. The third-order valence-corrected chi connectivity index (χ3v) is 2.03. The topological polar surface area (TPSA) is 12.0 Å². The smallest absolute Gasteiger partial charge is 0.292 e. The van der Waals surface area contributed by atoms with Crippen LogP contribution in [0.5, 0.6) is 0 Å². The predicted octanol–water partition coefficient (Wildman–Crippen LogP) is 2.90. The van der Waals surface area contributed by atoms with Crippen LogP contribution in [0.2, 0.25) is 0 Å². The van der Waals surface area contributed by atoms with Gasteiger partial charge in [0.05, 0.1) is 6.54 Å². The van der Waals surface area contributed by atoms with E-state index in [0.29, 0.717) is 0 Å². The van der Waals surface area contributed by atoms with Crippen molar-refractivity contribution in [3.05, 3.63) is 35.9 Å². The highest BCUT2D eigenvalue weighted by molar-refractivity contribution is 5.20. The van der Waals surface area contributed by atoms with Crippen LogP contribution < -0.4 is 5.32 Å². The number of hydrogen-bond donors (Lipinski definition) is 1. The van der Waals surface area contributed by atoms with E-state index in [1.165, 1.54) is 12.1 Å². The van der Waals surface area contributed by atoms with Crippen molar-refractivity contribution in [3.8, 4) is 11.8 Å². The van der Waals surface area contributed by atoms with Gasteiger partial charge in [0.1, 0.15) is 6.04 Å². The summed E-state index contributed by atoms with van der Waals surface area (Å²) < 4.78 is 38.2. The van der Waals surface area contributed by atoms with Gasteiger partial charge in [-0.3, -0.25) is 5.32 Å². The summed E-state index contributed by atoms with van der Waals surface area (Å²) in [5.41, 5.74) is 0.202. The Balaban J connectivity index is 2.83. The number of nitrogens with one attached hydrogen (secondary N) is 1. The molecule has 0 radical (unpaired) electrons. The van der Waals surface area contributed by atoms with Crippen LogP contribution in [0.25, 0.3) is 0 Å². The zero-order valence-corrected chi connectivity index (χ0v) is 8.81. The first kappa shape index (κ1) is 12.6. The Bertz CT molecular complexity index is 373. The van der Waals surface area contributed by atoms with Crippen molar-refractivity contribution in [3.63, 3.8) is 0 Å². The van der Waals surface area contributed by atoms with Gasteiger partial charge < -0.3 is 0 Å². The summed E-state index contributed by atoms with van der Waals surface area (Å²) in [5, 5.41) is 2.38. The highest BCUT2D eigenvalue weighted by Gasteiger charge is 2.40. The van der Waals surface area contributed by atoms with E-state index in [4.69, 9.17) is 0 Å². The van der Waals surface area contributed by atoms with Crippen LogP contribution >= 0.6 is 0 Å². The molecular weight excluding hydrogens is 215 g/mol. The molecule has 0 spiro atoms. The van der Waals surface area contributed by atoms with Gasteiger partial charge in [0.25, 0.3) is 0 Å². The van der Waals surface area contributed by atoms with E-state index in [2.05, 4.69) is 17.2 Å². The Hall–Kier alpha value is -1.47. The monoisotopic (exact) mass is 227 g/mol. The molecule has 1 atom stereocenters. The molecule has 0 saturated carbocycles. The van der Waals surface area contributed by atoms with Gasteiger partial charge in [-0.15, -0.1) is 5.92 Å². The average molecular weight is 227 g/mol. The van der Waals surface area contributed by atoms with Crippen molar-refractivity contribution >= 4 is 0 Å². The third-order valence-electron chi connectivity index (χ3n) is 2.03. The number of rotatable bonds is 3. The number of benzene rings is 1. The van der Waals surface area contributed by atoms with Crippen LogP contribution in [-0.4, -0.2) is 12.7 Å². The number of hydrogen-bond acceptors (Lipinski definition) is 1. The molecule has 0 saturated heterocycles. The second kappa shape index (κ2) is 5.57. The first-order valence-corrected chi connectivity index (χ1v) is 4.80. The lowest BCUT2D eigenvalue weighted by Crippen LogP contribution is -2.34. The summed E-state index contributed by atoms with van der Waals surface area (Å²) >= 11 is 0. The Labute approximate surface area is 92.7 Å². The minimum atomic E-state index is -4.31. The maximum atomic E-state index is 12.7. The second-order valence-corrected chi connectivity index (χ2v) is 3.19. The van der Waals surface area contributed by atoms with Crippen LogP contribution in [0.3, 0.4) is 0 Å². The fourth-order valence-corrected chi connectivity index (χ4v) is 1.31. The Morgan fingerprint density at radius 3 is 2.38 bits per heavy atom. The van der Waals surface area contributed by atoms with Gasteiger partial charge in [0.15, 0.2) is 0 Å². The average Bonchev–Trinajstić information content (AvgIpc) is 2.24. The molecule has 1 unspecified atom stereocenters. The lowest BCUT2D eigenvalue weighted by atomic mass is 10.1. The van der Waals surface area contributed by atoms with Gasteiger partial charge in [0, 0.05) is 0 Å². The van der Waals surface area contributed by atoms with E-state index in [-0.39, 0.29) is 12.1 Å². The Morgan fingerprint density at radius 1 is 1.25 bits per heavy atom. The van der Waals surface area contributed by atoms with Gasteiger partial charge in [-0.1, -0.05) is 36.3 Å². The van der Waals surface area contributed by atoms with Gasteiger partial charge >= 0.3 is 6.18 Å². The molecule has 1 aromatic carbocycles. The van der Waals surface area contributed by atoms with Crippen molar-refractivity contribution in [2.24, 2.45) is 0 Å². The predicted molar refractivity (Wildman–Crippen MR) is 56.7 cm³/mol. The van der Waals surface area contributed by atoms with Crippen molar-refractivity contribution in [1.29, 1.82) is 0 Å². The quantitative estimate of drug-likeness (QED) is 0.783. The van der Waals surface area contributed by atoms with E-state index < -0.39 is 12.2 Å². The fourth-order valence-electron chi connectivity index (χ4n) is 1.31. The molecule has 4 heteroatoms. The molecule has 1 aromatic rings. The van der Waals surface area contributed by atoms with E-state index in [1.807, 2.05) is 0 Å². The summed E-state index contributed by atoms with van der Waals surface area (Å²) in [6.07, 6.45) is -4.31. The summed E-state index contributed by atoms with van der Waals surface area (Å²) in [6, 6.07) is 6.09. The van der Waals surface area contributed by atoms with Crippen molar-refractivity contribution in [1.82, 2.24) is 5.32 Å². The molecule has 0 amide bonds. The highest BCUT2D eigenvalue weighted by atomic mass is 19.4. The zero-order chi connectivity index (χ0) is 12.0. The van der Waals surface area contributed by atoms with E-state index >= 15 is 0 Å².